The Kier molecular flexibility index (Phi) is 38.2. The predicted octanol–water partition coefficient (Wildman–Crippen LogP) is -2.54. The minimum Gasteiger partial charge on any atom is -0.852 e. The number of hydrogen-bond acceptors (Lipinski definition) is 5. The van der Waals surface area contributed by atoms with Crippen LogP contribution in [-0.4, -0.2) is 58.7 Å². The maximum Gasteiger partial charge on any atom is 3.00 e. The SMILES string of the molecule is CC(=O)CC(=O)[O-].CC(C)[O-].CC(C)[O-].[Al+3].[Al+3]. The molecule has 0 aliphatic carbocycles. The number of carbonyl (C=O) groups excluding carboxylic acids is 2. The van der Waals surface area contributed by atoms with E-state index >= 15 is 0 Å². The van der Waals surface area contributed by atoms with Gasteiger partial charge in [-0.3, -0.25) is 4.79 Å². The minimum absolute atomic E-state index is 0. The first-order valence-corrected chi connectivity index (χ1v) is 4.60. The topological polar surface area (TPSA) is 103 Å². The van der Waals surface area contributed by atoms with Crippen LogP contribution in [0.15, 0.2) is 0 Å². The first-order valence-electron chi connectivity index (χ1n) is 4.60. The van der Waals surface area contributed by atoms with Crippen molar-refractivity contribution in [3.63, 3.8) is 0 Å². The van der Waals surface area contributed by atoms with Crippen molar-refractivity contribution < 1.29 is 24.9 Å². The van der Waals surface area contributed by atoms with Crippen LogP contribution in [0.3, 0.4) is 0 Å². The molecule has 0 aliphatic heterocycles. The third kappa shape index (κ3) is 189. The summed E-state index contributed by atoms with van der Waals surface area (Å²) < 4.78 is 0. The Balaban J connectivity index is -0.0000000425. The summed E-state index contributed by atoms with van der Waals surface area (Å²) in [5.74, 6) is -1.69. The van der Waals surface area contributed by atoms with Crippen LogP contribution >= 0.6 is 0 Å². The Bertz CT molecular complexity index is 149. The fourth-order valence-electron chi connectivity index (χ4n) is 0.203. The van der Waals surface area contributed by atoms with Crippen molar-refractivity contribution in [2.75, 3.05) is 0 Å². The molecule has 0 aliphatic rings. The predicted molar refractivity (Wildman–Crippen MR) is 62.1 cm³/mol. The molecule has 17 heavy (non-hydrogen) atoms. The molecule has 0 aromatic carbocycles. The summed E-state index contributed by atoms with van der Waals surface area (Å²) in [6.45, 7) is 7.65. The molecule has 0 spiro atoms. The summed E-state index contributed by atoms with van der Waals surface area (Å²) in [7, 11) is 0. The van der Waals surface area contributed by atoms with Gasteiger partial charge in [-0.05, 0) is 6.92 Å². The Morgan fingerprint density at radius 2 is 1.12 bits per heavy atom. The summed E-state index contributed by atoms with van der Waals surface area (Å²) in [6, 6.07) is 0. The number of hydrogen-bond donors (Lipinski definition) is 0. The van der Waals surface area contributed by atoms with E-state index in [2.05, 4.69) is 0 Å². The van der Waals surface area contributed by atoms with E-state index in [0.717, 1.165) is 0 Å². The van der Waals surface area contributed by atoms with Crippen LogP contribution in [0.1, 0.15) is 41.0 Å². The maximum absolute atomic E-state index is 9.83. The summed E-state index contributed by atoms with van der Waals surface area (Å²) in [5, 5.41) is 28.5. The largest absolute Gasteiger partial charge is 3.00 e. The van der Waals surface area contributed by atoms with Gasteiger partial charge in [-0.1, -0.05) is 27.7 Å². The van der Waals surface area contributed by atoms with Crippen LogP contribution in [0, 0.1) is 0 Å². The molecule has 0 heterocycles. The van der Waals surface area contributed by atoms with E-state index in [-0.39, 0.29) is 40.5 Å². The Hall–Kier alpha value is 0.125. The average Bonchev–Trinajstić information content (AvgIpc) is 1.78. The molecule has 0 N–H and O–H groups in total. The minimum atomic E-state index is -1.31. The number of carboxylic acid groups (broad SMARTS) is 1. The van der Waals surface area contributed by atoms with Crippen LogP contribution in [0.4, 0.5) is 0 Å². The third-order valence-electron chi connectivity index (χ3n) is 0.393. The van der Waals surface area contributed by atoms with Crippen molar-refractivity contribution in [2.24, 2.45) is 0 Å². The molecule has 5 nitrogen and oxygen atoms in total. The van der Waals surface area contributed by atoms with Crippen molar-refractivity contribution >= 4 is 46.5 Å². The average molecular weight is 273 g/mol. The summed E-state index contributed by atoms with van der Waals surface area (Å²) in [4.78, 5) is 19.3. The molecule has 7 heteroatoms. The fourth-order valence-corrected chi connectivity index (χ4v) is 0.203. The van der Waals surface area contributed by atoms with E-state index in [9.17, 15) is 24.9 Å². The number of carbonyl (C=O) groups is 2. The number of ketones is 1. The smallest absolute Gasteiger partial charge is 0.852 e. The zero-order chi connectivity index (χ0) is 13.0. The molecule has 0 radical (unpaired) electrons. The molecule has 0 rings (SSSR count). The summed E-state index contributed by atoms with van der Waals surface area (Å²) in [6.07, 6.45) is -1.31. The Morgan fingerprint density at radius 1 is 0.941 bits per heavy atom. The zero-order valence-electron chi connectivity index (χ0n) is 11.1. The number of rotatable bonds is 2. The number of carboxylic acids is 1. The van der Waals surface area contributed by atoms with Crippen molar-refractivity contribution in [2.45, 2.75) is 53.2 Å². The normalized spacial score (nSPS) is 7.59. The molecule has 0 saturated carbocycles. The van der Waals surface area contributed by atoms with Gasteiger partial charge in [0.25, 0.3) is 0 Å². The van der Waals surface area contributed by atoms with Crippen LogP contribution < -0.4 is 15.3 Å². The van der Waals surface area contributed by atoms with Crippen LogP contribution in [0.5, 0.6) is 0 Å². The second-order valence-electron chi connectivity index (χ2n) is 3.35. The molecule has 0 atom stereocenters. The van der Waals surface area contributed by atoms with Gasteiger partial charge in [-0.25, -0.2) is 0 Å². The van der Waals surface area contributed by atoms with Gasteiger partial charge in [0.1, 0.15) is 5.78 Å². The fraction of sp³-hybridized carbons (Fsp3) is 0.800. The summed E-state index contributed by atoms with van der Waals surface area (Å²) in [5.41, 5.74) is 0. The Morgan fingerprint density at radius 3 is 1.12 bits per heavy atom. The molecule has 0 saturated heterocycles. The third-order valence-corrected chi connectivity index (χ3v) is 0.393. The molecule has 0 aromatic rings. The zero-order valence-corrected chi connectivity index (χ0v) is 13.4. The number of Topliss-reactive ketones (excluding diaryl/α,β-unsaturated/α-hetero) is 1. The molecule has 0 unspecified atom stereocenters. The van der Waals surface area contributed by atoms with Gasteiger partial charge in [-0.15, -0.1) is 12.2 Å². The van der Waals surface area contributed by atoms with Gasteiger partial charge >= 0.3 is 34.7 Å². The molecule has 0 fully saturated rings. The second-order valence-corrected chi connectivity index (χ2v) is 3.35. The van der Waals surface area contributed by atoms with Crippen molar-refractivity contribution in [1.82, 2.24) is 0 Å². The summed E-state index contributed by atoms with van der Waals surface area (Å²) >= 11 is 0. The second kappa shape index (κ2) is 21.4. The van der Waals surface area contributed by atoms with Crippen molar-refractivity contribution in [3.8, 4) is 0 Å². The van der Waals surface area contributed by atoms with Crippen LogP contribution in [0.2, 0.25) is 0 Å². The standard InChI is InChI=1S/C4H6O3.2C3H7O.2Al/c1-3(5)2-4(6)7;2*1-3(2)4;;/h2H2,1H3,(H,6,7);2*3H,1-2H3;;/q;2*-1;2*+3/p-1. The van der Waals surface area contributed by atoms with E-state index in [1.54, 1.807) is 27.7 Å². The van der Waals surface area contributed by atoms with Gasteiger partial charge in [0.2, 0.25) is 0 Å². The molecule has 0 amide bonds. The van der Waals surface area contributed by atoms with Gasteiger partial charge < -0.3 is 20.1 Å². The first-order chi connectivity index (χ1) is 6.59. The van der Waals surface area contributed by atoms with E-state index in [1.807, 2.05) is 0 Å². The van der Waals surface area contributed by atoms with Crippen molar-refractivity contribution in [3.05, 3.63) is 0 Å². The quantitative estimate of drug-likeness (QED) is 0.407. The van der Waals surface area contributed by atoms with Crippen LogP contribution in [0.25, 0.3) is 0 Å². The van der Waals surface area contributed by atoms with Gasteiger partial charge in [0, 0.05) is 12.4 Å². The van der Waals surface area contributed by atoms with Gasteiger partial charge in [0.15, 0.2) is 0 Å². The first kappa shape index (κ1) is 30.3. The number of aliphatic carboxylic acids is 1. The molecule has 92 valence electrons. The molecule has 0 bridgehead atoms. The molecular weight excluding hydrogens is 254 g/mol. The molecule has 0 aromatic heterocycles. The Labute approximate surface area is 124 Å². The van der Waals surface area contributed by atoms with E-state index in [1.165, 1.54) is 6.92 Å². The van der Waals surface area contributed by atoms with Gasteiger partial charge in [-0.2, -0.15) is 0 Å². The van der Waals surface area contributed by atoms with Crippen LogP contribution in [-0.2, 0) is 9.59 Å². The molecular formula is C10H19Al2O5+3. The monoisotopic (exact) mass is 273 g/mol. The maximum atomic E-state index is 9.83. The van der Waals surface area contributed by atoms with E-state index in [4.69, 9.17) is 0 Å². The van der Waals surface area contributed by atoms with E-state index in [0.29, 0.717) is 0 Å². The van der Waals surface area contributed by atoms with Crippen molar-refractivity contribution in [1.29, 1.82) is 0 Å². The van der Waals surface area contributed by atoms with Gasteiger partial charge in [0.05, 0.1) is 0 Å². The van der Waals surface area contributed by atoms with E-state index < -0.39 is 24.6 Å².